The maximum atomic E-state index is 12.6. The number of hydrogen-bond donors (Lipinski definition) is 2. The highest BCUT2D eigenvalue weighted by Crippen LogP contribution is 2.89. The summed E-state index contributed by atoms with van der Waals surface area (Å²) in [6.07, 6.45) is 8.06. The molecule has 2 spiro atoms. The largest absolute Gasteiger partial charge is 0.390 e. The van der Waals surface area contributed by atoms with Crippen LogP contribution >= 0.6 is 0 Å². The lowest BCUT2D eigenvalue weighted by Gasteiger charge is -2.64. The van der Waals surface area contributed by atoms with E-state index in [4.69, 9.17) is 23.7 Å². The number of morpholine rings is 2. The van der Waals surface area contributed by atoms with E-state index in [0.717, 1.165) is 71.9 Å². The SMILES string of the molecule is CCO[C@@H](C1C[C@@H](C)[C@H]2C(O1)[C@H](O)[C@@]1(C)C3CC[C@H]4C(C)(C)[C@@H](O[C@H]5CN(CCN6CCOCC6)CCO5)CC[C@@]45C[C@@]35CC[C@]21C)C(C)(C)O. The Morgan fingerprint density at radius 3 is 2.31 bits per heavy atom. The molecule has 0 amide bonds. The molecule has 9 nitrogen and oxygen atoms in total. The van der Waals surface area contributed by atoms with Gasteiger partial charge in [0, 0.05) is 51.3 Å². The van der Waals surface area contributed by atoms with Gasteiger partial charge in [-0.15, -0.1) is 0 Å². The molecule has 0 aromatic carbocycles. The van der Waals surface area contributed by atoms with Gasteiger partial charge in [0.1, 0.15) is 6.10 Å². The van der Waals surface area contributed by atoms with Crippen LogP contribution in [0, 0.1) is 50.7 Å². The molecule has 14 atom stereocenters. The lowest BCUT2D eigenvalue weighted by molar-refractivity contribution is -0.249. The van der Waals surface area contributed by atoms with Crippen molar-refractivity contribution < 1.29 is 33.9 Å². The highest BCUT2D eigenvalue weighted by Gasteiger charge is 2.84. The summed E-state index contributed by atoms with van der Waals surface area (Å²) in [6, 6.07) is 0. The quantitative estimate of drug-likeness (QED) is 0.328. The van der Waals surface area contributed by atoms with Crippen LogP contribution in [0.15, 0.2) is 0 Å². The molecule has 0 aromatic heterocycles. The molecule has 0 radical (unpaired) electrons. The lowest BCUT2D eigenvalue weighted by Crippen LogP contribution is -2.60. The number of fused-ring (bicyclic) bond motifs is 4. The van der Waals surface area contributed by atoms with Crippen LogP contribution < -0.4 is 0 Å². The maximum Gasteiger partial charge on any atom is 0.170 e. The van der Waals surface area contributed by atoms with Gasteiger partial charge in [0.2, 0.25) is 0 Å². The Bertz CT molecular complexity index is 1270. The van der Waals surface area contributed by atoms with Crippen molar-refractivity contribution in [2.45, 2.75) is 149 Å². The Morgan fingerprint density at radius 2 is 1.59 bits per heavy atom. The van der Waals surface area contributed by atoms with Gasteiger partial charge < -0.3 is 33.9 Å². The third-order valence-corrected chi connectivity index (χ3v) is 17.4. The zero-order chi connectivity index (χ0) is 36.2. The van der Waals surface area contributed by atoms with Crippen LogP contribution in [0.1, 0.15) is 107 Å². The molecule has 3 saturated heterocycles. The van der Waals surface area contributed by atoms with Gasteiger partial charge in [0.05, 0.1) is 49.8 Å². The van der Waals surface area contributed by atoms with E-state index < -0.39 is 17.8 Å². The van der Waals surface area contributed by atoms with Gasteiger partial charge in [0.15, 0.2) is 6.29 Å². The normalized spacial score (nSPS) is 50.4. The van der Waals surface area contributed by atoms with Crippen molar-refractivity contribution in [2.24, 2.45) is 50.7 Å². The van der Waals surface area contributed by atoms with Gasteiger partial charge in [-0.25, -0.2) is 0 Å². The van der Waals surface area contributed by atoms with Crippen molar-refractivity contribution in [3.63, 3.8) is 0 Å². The molecule has 3 heterocycles. The fraction of sp³-hybridized carbons (Fsp3) is 1.00. The monoisotopic (exact) mass is 717 g/mol. The molecule has 9 heteroatoms. The second-order valence-corrected chi connectivity index (χ2v) is 20.3. The third-order valence-electron chi connectivity index (χ3n) is 17.4. The molecule has 0 bridgehead atoms. The highest BCUT2D eigenvalue weighted by atomic mass is 16.7. The van der Waals surface area contributed by atoms with Crippen LogP contribution in [-0.2, 0) is 23.7 Å². The van der Waals surface area contributed by atoms with Crippen LogP contribution in [0.25, 0.3) is 0 Å². The molecular formula is C42H72N2O7. The summed E-state index contributed by atoms with van der Waals surface area (Å²) in [7, 11) is 0. The van der Waals surface area contributed by atoms with E-state index in [2.05, 4.69) is 44.4 Å². The standard InChI is InChI=1S/C42H72N2O7/c1-9-48-36(38(5,6)46)28-24-27(2)33-34(50-28)35(45)40(8)30-11-10-29-37(3,4)31(12-13-41(29)26-42(30,41)15-14-39(33,40)7)51-32-25-44(20-23-49-32)17-16-43-18-21-47-22-19-43/h27-36,45-46H,9-26H2,1-8H3/t27-,28?,29+,30?,31+,32+,33+,34?,35+,36+,39-,40-,41-,42+/m1/s1. The molecule has 292 valence electrons. The Kier molecular flexibility index (Phi) is 9.66. The van der Waals surface area contributed by atoms with E-state index in [-0.39, 0.29) is 40.8 Å². The predicted molar refractivity (Wildman–Crippen MR) is 196 cm³/mol. The second kappa shape index (κ2) is 13.1. The average Bonchev–Trinajstić information content (AvgIpc) is 3.72. The first-order valence-electron chi connectivity index (χ1n) is 21.1. The van der Waals surface area contributed by atoms with Crippen LogP contribution in [0.5, 0.6) is 0 Å². The Morgan fingerprint density at radius 1 is 0.902 bits per heavy atom. The smallest absolute Gasteiger partial charge is 0.170 e. The van der Waals surface area contributed by atoms with E-state index >= 15 is 0 Å². The lowest BCUT2D eigenvalue weighted by atomic mass is 9.41. The van der Waals surface area contributed by atoms with Crippen molar-refractivity contribution in [1.29, 1.82) is 0 Å². The number of nitrogens with zero attached hydrogens (tertiary/aromatic N) is 2. The summed E-state index contributed by atoms with van der Waals surface area (Å²) in [5, 5.41) is 23.8. The Hall–Kier alpha value is -0.360. The number of aliphatic hydroxyl groups is 2. The van der Waals surface area contributed by atoms with Gasteiger partial charge >= 0.3 is 0 Å². The van der Waals surface area contributed by atoms with Crippen molar-refractivity contribution in [2.75, 3.05) is 65.7 Å². The van der Waals surface area contributed by atoms with Crippen molar-refractivity contribution in [3.8, 4) is 0 Å². The van der Waals surface area contributed by atoms with Gasteiger partial charge in [0.25, 0.3) is 0 Å². The summed E-state index contributed by atoms with van der Waals surface area (Å²) in [4.78, 5) is 5.06. The van der Waals surface area contributed by atoms with E-state index in [1.807, 2.05) is 20.8 Å². The van der Waals surface area contributed by atoms with Gasteiger partial charge in [-0.1, -0.05) is 34.6 Å². The molecular weight excluding hydrogens is 644 g/mol. The van der Waals surface area contributed by atoms with Gasteiger partial charge in [-0.3, -0.25) is 9.80 Å². The summed E-state index contributed by atoms with van der Waals surface area (Å²) in [5.74, 6) is 1.84. The van der Waals surface area contributed by atoms with Crippen LogP contribution in [0.4, 0.5) is 0 Å². The minimum absolute atomic E-state index is 0.0195. The zero-order valence-electron chi connectivity index (χ0n) is 33.3. The summed E-state index contributed by atoms with van der Waals surface area (Å²) >= 11 is 0. The van der Waals surface area contributed by atoms with Crippen LogP contribution in [0.2, 0.25) is 0 Å². The molecule has 0 aromatic rings. The van der Waals surface area contributed by atoms with Crippen LogP contribution in [0.3, 0.4) is 0 Å². The molecule has 2 N–H and O–H groups in total. The summed E-state index contributed by atoms with van der Waals surface area (Å²) in [6.45, 7) is 27.1. The Labute approximate surface area is 308 Å². The molecule has 51 heavy (non-hydrogen) atoms. The number of hydrogen-bond acceptors (Lipinski definition) is 9. The molecule has 5 aliphatic carbocycles. The molecule has 8 fully saturated rings. The first-order valence-corrected chi connectivity index (χ1v) is 21.1. The highest BCUT2D eigenvalue weighted by molar-refractivity contribution is 5.33. The van der Waals surface area contributed by atoms with Crippen LogP contribution in [-0.4, -0.2) is 128 Å². The van der Waals surface area contributed by atoms with E-state index in [0.29, 0.717) is 41.1 Å². The zero-order valence-corrected chi connectivity index (χ0v) is 33.3. The molecule has 5 saturated carbocycles. The van der Waals surface area contributed by atoms with E-state index in [9.17, 15) is 10.2 Å². The van der Waals surface area contributed by atoms with Crippen molar-refractivity contribution >= 4 is 0 Å². The average molecular weight is 717 g/mol. The van der Waals surface area contributed by atoms with Gasteiger partial charge in [-0.2, -0.15) is 0 Å². The summed E-state index contributed by atoms with van der Waals surface area (Å²) in [5.41, 5.74) is -0.460. The molecule has 3 unspecified atom stereocenters. The topological polar surface area (TPSA) is 93.1 Å². The number of aliphatic hydroxyl groups excluding tert-OH is 1. The molecule has 8 aliphatic rings. The Balaban J connectivity index is 0.970. The minimum atomic E-state index is -1.01. The van der Waals surface area contributed by atoms with Crippen molar-refractivity contribution in [3.05, 3.63) is 0 Å². The molecule has 8 rings (SSSR count). The fourth-order valence-corrected chi connectivity index (χ4v) is 14.9. The van der Waals surface area contributed by atoms with E-state index in [1.54, 1.807) is 0 Å². The predicted octanol–water partition coefficient (Wildman–Crippen LogP) is 5.35. The second-order valence-electron chi connectivity index (χ2n) is 20.3. The fourth-order valence-electron chi connectivity index (χ4n) is 14.9. The van der Waals surface area contributed by atoms with Gasteiger partial charge in [-0.05, 0) is 117 Å². The number of rotatable bonds is 9. The maximum absolute atomic E-state index is 12.6. The van der Waals surface area contributed by atoms with Crippen molar-refractivity contribution in [1.82, 2.24) is 9.80 Å². The number of ether oxygens (including phenoxy) is 5. The summed E-state index contributed by atoms with van der Waals surface area (Å²) < 4.78 is 32.0. The minimum Gasteiger partial charge on any atom is -0.390 e. The third kappa shape index (κ3) is 5.62. The molecule has 3 aliphatic heterocycles. The first-order chi connectivity index (χ1) is 24.1. The van der Waals surface area contributed by atoms with E-state index in [1.165, 1.54) is 38.5 Å². The first kappa shape index (κ1) is 37.6.